The molecule has 0 aliphatic carbocycles. The van der Waals surface area contributed by atoms with Gasteiger partial charge >= 0.3 is 5.97 Å². The van der Waals surface area contributed by atoms with Gasteiger partial charge in [0.15, 0.2) is 6.10 Å². The zero-order valence-electron chi connectivity index (χ0n) is 9.36. The summed E-state index contributed by atoms with van der Waals surface area (Å²) >= 11 is 0. The molecule has 0 saturated heterocycles. The minimum Gasteiger partial charge on any atom is -0.452 e. The molecule has 3 heteroatoms. The molecule has 16 heavy (non-hydrogen) atoms. The van der Waals surface area contributed by atoms with Crippen molar-refractivity contribution in [1.82, 2.24) is 0 Å². The summed E-state index contributed by atoms with van der Waals surface area (Å²) in [6.45, 7) is 6.86. The van der Waals surface area contributed by atoms with Gasteiger partial charge in [0.1, 0.15) is 0 Å². The maximum Gasteiger partial charge on any atom is 0.303 e. The van der Waals surface area contributed by atoms with Crippen molar-refractivity contribution >= 4 is 5.97 Å². The maximum absolute atomic E-state index is 10.9. The van der Waals surface area contributed by atoms with Crippen LogP contribution in [0, 0.1) is 18.3 Å². The zero-order valence-corrected chi connectivity index (χ0v) is 9.36. The van der Waals surface area contributed by atoms with Gasteiger partial charge in [-0.3, -0.25) is 4.79 Å². The zero-order chi connectivity index (χ0) is 12.1. The van der Waals surface area contributed by atoms with E-state index in [1.54, 1.807) is 0 Å². The van der Waals surface area contributed by atoms with Gasteiger partial charge in [-0.1, -0.05) is 36.4 Å². The Kier molecular flexibility index (Phi) is 3.84. The van der Waals surface area contributed by atoms with Crippen molar-refractivity contribution in [2.24, 2.45) is 0 Å². The molecule has 0 fully saturated rings. The standard InChI is InChI=1S/C13H13NO2/c1-9-4-6-12(7-5-9)13(10(2)8-14)16-11(3)15/h4-7,13H,2H2,1,3H3/t13-/m0/s1. The summed E-state index contributed by atoms with van der Waals surface area (Å²) in [7, 11) is 0. The van der Waals surface area contributed by atoms with Crippen LogP contribution in [-0.2, 0) is 9.53 Å². The van der Waals surface area contributed by atoms with Crippen molar-refractivity contribution in [2.45, 2.75) is 20.0 Å². The molecular formula is C13H13NO2. The molecule has 1 rings (SSSR count). The number of nitrogens with zero attached hydrogens (tertiary/aromatic N) is 1. The lowest BCUT2D eigenvalue weighted by atomic mass is 10.0. The Balaban J connectivity index is 3.01. The second-order valence-corrected chi connectivity index (χ2v) is 3.54. The van der Waals surface area contributed by atoms with Crippen LogP contribution in [0.2, 0.25) is 0 Å². The summed E-state index contributed by atoms with van der Waals surface area (Å²) < 4.78 is 5.07. The molecule has 0 saturated carbocycles. The molecule has 82 valence electrons. The second kappa shape index (κ2) is 5.13. The highest BCUT2D eigenvalue weighted by molar-refractivity contribution is 5.67. The molecule has 0 N–H and O–H groups in total. The molecule has 1 aromatic carbocycles. The Bertz CT molecular complexity index is 440. The topological polar surface area (TPSA) is 50.1 Å². The highest BCUT2D eigenvalue weighted by atomic mass is 16.5. The van der Waals surface area contributed by atoms with Gasteiger partial charge in [-0.25, -0.2) is 0 Å². The Morgan fingerprint density at radius 1 is 1.44 bits per heavy atom. The first-order chi connectivity index (χ1) is 7.54. The summed E-state index contributed by atoms with van der Waals surface area (Å²) in [4.78, 5) is 10.9. The van der Waals surface area contributed by atoms with Crippen LogP contribution in [0.25, 0.3) is 0 Å². The first-order valence-corrected chi connectivity index (χ1v) is 4.87. The largest absolute Gasteiger partial charge is 0.452 e. The number of carbonyl (C=O) groups is 1. The number of benzene rings is 1. The van der Waals surface area contributed by atoms with Gasteiger partial charge in [0.05, 0.1) is 11.6 Å². The van der Waals surface area contributed by atoms with Crippen LogP contribution in [0.3, 0.4) is 0 Å². The molecule has 1 atom stereocenters. The van der Waals surface area contributed by atoms with Gasteiger partial charge in [-0.2, -0.15) is 5.26 Å². The molecule has 3 nitrogen and oxygen atoms in total. The maximum atomic E-state index is 10.9. The third-order valence-corrected chi connectivity index (χ3v) is 2.12. The van der Waals surface area contributed by atoms with Gasteiger partial charge in [-0.05, 0) is 12.5 Å². The molecule has 0 bridgehead atoms. The van der Waals surface area contributed by atoms with E-state index in [0.29, 0.717) is 0 Å². The predicted octanol–water partition coefficient (Wildman–Crippen LogP) is 2.68. The van der Waals surface area contributed by atoms with Gasteiger partial charge in [0, 0.05) is 6.92 Å². The number of ether oxygens (including phenoxy) is 1. The van der Waals surface area contributed by atoms with Crippen molar-refractivity contribution in [3.8, 4) is 6.07 Å². The van der Waals surface area contributed by atoms with E-state index >= 15 is 0 Å². The van der Waals surface area contributed by atoms with Crippen LogP contribution in [0.1, 0.15) is 24.2 Å². The van der Waals surface area contributed by atoms with E-state index in [4.69, 9.17) is 10.00 Å². The van der Waals surface area contributed by atoms with E-state index in [0.717, 1.165) is 11.1 Å². The summed E-state index contributed by atoms with van der Waals surface area (Å²) in [5, 5.41) is 8.79. The van der Waals surface area contributed by atoms with Gasteiger partial charge in [-0.15, -0.1) is 0 Å². The molecule has 1 aromatic rings. The molecule has 0 aromatic heterocycles. The first kappa shape index (κ1) is 12.0. The molecule has 0 unspecified atom stereocenters. The van der Waals surface area contributed by atoms with Crippen LogP contribution in [0.4, 0.5) is 0 Å². The van der Waals surface area contributed by atoms with Crippen molar-refractivity contribution in [1.29, 1.82) is 5.26 Å². The number of nitriles is 1. The summed E-state index contributed by atoms with van der Waals surface area (Å²) in [5.74, 6) is -0.429. The van der Waals surface area contributed by atoms with Crippen LogP contribution in [0.5, 0.6) is 0 Å². The van der Waals surface area contributed by atoms with Crippen LogP contribution >= 0.6 is 0 Å². The van der Waals surface area contributed by atoms with Crippen molar-refractivity contribution in [3.63, 3.8) is 0 Å². The van der Waals surface area contributed by atoms with Gasteiger partial charge in [0.2, 0.25) is 0 Å². The number of carbonyl (C=O) groups excluding carboxylic acids is 1. The number of hydrogen-bond acceptors (Lipinski definition) is 3. The highest BCUT2D eigenvalue weighted by Gasteiger charge is 2.17. The Morgan fingerprint density at radius 3 is 2.44 bits per heavy atom. The van der Waals surface area contributed by atoms with E-state index in [-0.39, 0.29) is 5.57 Å². The summed E-state index contributed by atoms with van der Waals surface area (Å²) in [6, 6.07) is 9.36. The lowest BCUT2D eigenvalue weighted by molar-refractivity contribution is -0.144. The van der Waals surface area contributed by atoms with Crippen molar-refractivity contribution in [3.05, 3.63) is 47.5 Å². The third kappa shape index (κ3) is 2.96. The monoisotopic (exact) mass is 215 g/mol. The SMILES string of the molecule is C=C(C#N)[C@H](OC(C)=O)c1ccc(C)cc1. The number of rotatable bonds is 3. The average Bonchev–Trinajstić information content (AvgIpc) is 2.26. The molecule has 0 heterocycles. The smallest absolute Gasteiger partial charge is 0.303 e. The molecule has 0 aliphatic heterocycles. The lowest BCUT2D eigenvalue weighted by Gasteiger charge is -2.15. The van der Waals surface area contributed by atoms with Crippen LogP contribution < -0.4 is 0 Å². The van der Waals surface area contributed by atoms with Gasteiger partial charge in [0.25, 0.3) is 0 Å². The minimum absolute atomic E-state index is 0.221. The van der Waals surface area contributed by atoms with Crippen LogP contribution in [-0.4, -0.2) is 5.97 Å². The fourth-order valence-corrected chi connectivity index (χ4v) is 1.31. The Morgan fingerprint density at radius 2 is 2.00 bits per heavy atom. The third-order valence-electron chi connectivity index (χ3n) is 2.12. The Labute approximate surface area is 95.0 Å². The Hall–Kier alpha value is -2.08. The minimum atomic E-state index is -0.678. The van der Waals surface area contributed by atoms with Crippen molar-refractivity contribution in [2.75, 3.05) is 0 Å². The summed E-state index contributed by atoms with van der Waals surface area (Å²) in [5.41, 5.74) is 2.08. The predicted molar refractivity (Wildman–Crippen MR) is 60.4 cm³/mol. The van der Waals surface area contributed by atoms with E-state index in [9.17, 15) is 4.79 Å². The number of aryl methyl sites for hydroxylation is 1. The highest BCUT2D eigenvalue weighted by Crippen LogP contribution is 2.24. The average molecular weight is 215 g/mol. The molecule has 0 radical (unpaired) electrons. The normalized spacial score (nSPS) is 11.3. The molecular weight excluding hydrogens is 202 g/mol. The lowest BCUT2D eigenvalue weighted by Crippen LogP contribution is -2.09. The fraction of sp³-hybridized carbons (Fsp3) is 0.231. The number of esters is 1. The van der Waals surface area contributed by atoms with E-state index in [1.165, 1.54) is 6.92 Å². The quantitative estimate of drug-likeness (QED) is 0.575. The number of hydrogen-bond donors (Lipinski definition) is 0. The second-order valence-electron chi connectivity index (χ2n) is 3.54. The van der Waals surface area contributed by atoms with E-state index in [1.807, 2.05) is 37.3 Å². The van der Waals surface area contributed by atoms with E-state index < -0.39 is 12.1 Å². The molecule has 0 aliphatic rings. The van der Waals surface area contributed by atoms with E-state index in [2.05, 4.69) is 6.58 Å². The molecule has 0 spiro atoms. The fourth-order valence-electron chi connectivity index (χ4n) is 1.31. The van der Waals surface area contributed by atoms with Gasteiger partial charge < -0.3 is 4.74 Å². The van der Waals surface area contributed by atoms with Crippen molar-refractivity contribution < 1.29 is 9.53 Å². The molecule has 0 amide bonds. The summed E-state index contributed by atoms with van der Waals surface area (Å²) in [6.07, 6.45) is -0.678. The van der Waals surface area contributed by atoms with Crippen LogP contribution in [0.15, 0.2) is 36.4 Å². The first-order valence-electron chi connectivity index (χ1n) is 4.87.